The van der Waals surface area contributed by atoms with Crippen LogP contribution in [0.25, 0.3) is 0 Å². The zero-order chi connectivity index (χ0) is 15.5. The van der Waals surface area contributed by atoms with E-state index in [-0.39, 0.29) is 4.90 Å². The third-order valence-electron chi connectivity index (χ3n) is 2.95. The molecule has 0 saturated carbocycles. The highest BCUT2D eigenvalue weighted by Crippen LogP contribution is 2.14. The van der Waals surface area contributed by atoms with Gasteiger partial charge in [-0.3, -0.25) is 0 Å². The fourth-order valence-electron chi connectivity index (χ4n) is 1.81. The van der Waals surface area contributed by atoms with Gasteiger partial charge in [-0.15, -0.1) is 4.40 Å². The van der Waals surface area contributed by atoms with Crippen molar-refractivity contribution in [1.82, 2.24) is 0 Å². The van der Waals surface area contributed by atoms with Gasteiger partial charge >= 0.3 is 0 Å². The lowest BCUT2D eigenvalue weighted by molar-refractivity contribution is 0.598. The third kappa shape index (κ3) is 4.16. The van der Waals surface area contributed by atoms with Crippen LogP contribution < -0.4 is 5.32 Å². The molecule has 0 saturated heterocycles. The second-order valence-electron chi connectivity index (χ2n) is 4.96. The van der Waals surface area contributed by atoms with Crippen LogP contribution in [-0.4, -0.2) is 14.3 Å². The van der Waals surface area contributed by atoms with Crippen molar-refractivity contribution in [2.75, 3.05) is 5.32 Å². The normalized spacial score (nSPS) is 12.2. The van der Waals surface area contributed by atoms with E-state index < -0.39 is 10.0 Å². The van der Waals surface area contributed by atoms with Crippen molar-refractivity contribution in [3.8, 4) is 0 Å². The zero-order valence-electron chi connectivity index (χ0n) is 12.3. The summed E-state index contributed by atoms with van der Waals surface area (Å²) in [5.41, 5.74) is 2.95. The molecule has 2 aromatic carbocycles. The fourth-order valence-corrected chi connectivity index (χ4v) is 2.80. The molecule has 0 amide bonds. The highest BCUT2D eigenvalue weighted by molar-refractivity contribution is 7.90. The van der Waals surface area contributed by atoms with Crippen LogP contribution >= 0.6 is 0 Å². The largest absolute Gasteiger partial charge is 0.343 e. The fraction of sp³-hybridized carbons (Fsp3) is 0.188. The Morgan fingerprint density at radius 3 is 1.90 bits per heavy atom. The van der Waals surface area contributed by atoms with Gasteiger partial charge in [-0.05, 0) is 45.0 Å². The summed E-state index contributed by atoms with van der Waals surface area (Å²) in [6.45, 7) is 5.53. The lowest BCUT2D eigenvalue weighted by Crippen LogP contribution is -2.10. The van der Waals surface area contributed by atoms with Crippen molar-refractivity contribution in [1.29, 1.82) is 0 Å². The maximum absolute atomic E-state index is 12.2. The predicted octanol–water partition coefficient (Wildman–Crippen LogP) is 3.52. The van der Waals surface area contributed by atoms with Crippen LogP contribution in [0, 0.1) is 13.8 Å². The van der Waals surface area contributed by atoms with E-state index in [0.717, 1.165) is 16.8 Å². The van der Waals surface area contributed by atoms with Crippen molar-refractivity contribution in [3.63, 3.8) is 0 Å². The quantitative estimate of drug-likeness (QED) is 0.697. The molecule has 2 rings (SSSR count). The summed E-state index contributed by atoms with van der Waals surface area (Å²) < 4.78 is 28.1. The Bertz CT molecular complexity index is 746. The maximum Gasteiger partial charge on any atom is 0.283 e. The van der Waals surface area contributed by atoms with Gasteiger partial charge in [0.05, 0.1) is 4.90 Å². The second kappa shape index (κ2) is 6.10. The molecule has 0 fully saturated rings. The first-order chi connectivity index (χ1) is 9.87. The molecule has 2 aromatic rings. The van der Waals surface area contributed by atoms with E-state index in [1.54, 1.807) is 31.2 Å². The second-order valence-corrected chi connectivity index (χ2v) is 6.56. The Morgan fingerprint density at radius 2 is 1.38 bits per heavy atom. The molecule has 5 heteroatoms. The summed E-state index contributed by atoms with van der Waals surface area (Å²) in [5, 5.41) is 2.98. The highest BCUT2D eigenvalue weighted by Gasteiger charge is 2.12. The van der Waals surface area contributed by atoms with Crippen LogP contribution in [0.3, 0.4) is 0 Å². The Labute approximate surface area is 125 Å². The summed E-state index contributed by atoms with van der Waals surface area (Å²) >= 11 is 0. The molecule has 1 N–H and O–H groups in total. The van der Waals surface area contributed by atoms with Crippen molar-refractivity contribution in [2.45, 2.75) is 25.7 Å². The smallest absolute Gasteiger partial charge is 0.283 e. The molecule has 0 radical (unpaired) electrons. The van der Waals surface area contributed by atoms with Gasteiger partial charge < -0.3 is 5.32 Å². The molecule has 0 aliphatic carbocycles. The standard InChI is InChI=1S/C16H18N2O2S/c1-12-4-8-15(9-5-12)17-14(3)18-21(19,20)16-10-6-13(2)7-11-16/h4-11H,1-3H3,(H,17,18). The minimum absolute atomic E-state index is 0.193. The Morgan fingerprint density at radius 1 is 0.905 bits per heavy atom. The van der Waals surface area contributed by atoms with E-state index in [1.165, 1.54) is 0 Å². The van der Waals surface area contributed by atoms with Crippen LogP contribution in [0.1, 0.15) is 18.1 Å². The molecule has 4 nitrogen and oxygen atoms in total. The number of hydrogen-bond acceptors (Lipinski definition) is 2. The van der Waals surface area contributed by atoms with Gasteiger partial charge in [0.25, 0.3) is 10.0 Å². The monoisotopic (exact) mass is 302 g/mol. The predicted molar refractivity (Wildman–Crippen MR) is 86.3 cm³/mol. The number of nitrogens with zero attached hydrogens (tertiary/aromatic N) is 1. The van der Waals surface area contributed by atoms with E-state index >= 15 is 0 Å². The summed E-state index contributed by atoms with van der Waals surface area (Å²) in [6, 6.07) is 14.3. The number of sulfonamides is 1. The van der Waals surface area contributed by atoms with Crippen molar-refractivity contribution >= 4 is 21.5 Å². The Balaban J connectivity index is 2.20. The minimum atomic E-state index is -3.68. The zero-order valence-corrected chi connectivity index (χ0v) is 13.1. The first-order valence-electron chi connectivity index (χ1n) is 6.59. The topological polar surface area (TPSA) is 58.5 Å². The van der Waals surface area contributed by atoms with Crippen molar-refractivity contribution in [3.05, 3.63) is 59.7 Å². The van der Waals surface area contributed by atoms with E-state index in [2.05, 4.69) is 9.71 Å². The first-order valence-corrected chi connectivity index (χ1v) is 8.03. The van der Waals surface area contributed by atoms with Gasteiger partial charge in [0.1, 0.15) is 5.84 Å². The highest BCUT2D eigenvalue weighted by atomic mass is 32.2. The minimum Gasteiger partial charge on any atom is -0.343 e. The molecule has 0 aromatic heterocycles. The number of anilines is 1. The van der Waals surface area contributed by atoms with Gasteiger partial charge in [0.15, 0.2) is 0 Å². The van der Waals surface area contributed by atoms with Gasteiger partial charge in [0.2, 0.25) is 0 Å². The molecule has 0 atom stereocenters. The lowest BCUT2D eigenvalue weighted by atomic mass is 10.2. The lowest BCUT2D eigenvalue weighted by Gasteiger charge is -2.06. The average molecular weight is 302 g/mol. The maximum atomic E-state index is 12.2. The van der Waals surface area contributed by atoms with Crippen molar-refractivity contribution in [2.24, 2.45) is 4.40 Å². The van der Waals surface area contributed by atoms with E-state index in [1.807, 2.05) is 38.1 Å². The van der Waals surface area contributed by atoms with Crippen LogP contribution in [0.4, 0.5) is 5.69 Å². The van der Waals surface area contributed by atoms with Crippen LogP contribution in [-0.2, 0) is 10.0 Å². The Kier molecular flexibility index (Phi) is 4.43. The number of aryl methyl sites for hydroxylation is 2. The molecular formula is C16H18N2O2S. The molecule has 21 heavy (non-hydrogen) atoms. The molecule has 0 unspecified atom stereocenters. The molecule has 0 aliphatic rings. The van der Waals surface area contributed by atoms with E-state index in [9.17, 15) is 8.42 Å². The van der Waals surface area contributed by atoms with Crippen molar-refractivity contribution < 1.29 is 8.42 Å². The van der Waals surface area contributed by atoms with Gasteiger partial charge in [-0.2, -0.15) is 8.42 Å². The number of hydrogen-bond donors (Lipinski definition) is 1. The number of amidine groups is 1. The van der Waals surface area contributed by atoms with E-state index in [4.69, 9.17) is 0 Å². The Hall–Kier alpha value is -2.14. The molecular weight excluding hydrogens is 284 g/mol. The number of benzene rings is 2. The number of rotatable bonds is 3. The first kappa shape index (κ1) is 15.3. The van der Waals surface area contributed by atoms with Crippen LogP contribution in [0.5, 0.6) is 0 Å². The summed E-state index contributed by atoms with van der Waals surface area (Å²) in [4.78, 5) is 0.193. The van der Waals surface area contributed by atoms with Gasteiger partial charge in [0, 0.05) is 5.69 Å². The summed E-state index contributed by atoms with van der Waals surface area (Å²) in [7, 11) is -3.68. The summed E-state index contributed by atoms with van der Waals surface area (Å²) in [5.74, 6) is 0.333. The SMILES string of the molecule is C/C(=N\S(=O)(=O)c1ccc(C)cc1)Nc1ccc(C)cc1. The third-order valence-corrected chi connectivity index (χ3v) is 4.33. The molecule has 110 valence electrons. The van der Waals surface area contributed by atoms with Crippen LogP contribution in [0.15, 0.2) is 57.8 Å². The molecule has 0 aliphatic heterocycles. The molecule has 0 heterocycles. The van der Waals surface area contributed by atoms with Crippen LogP contribution in [0.2, 0.25) is 0 Å². The molecule has 0 spiro atoms. The molecule has 0 bridgehead atoms. The summed E-state index contributed by atoms with van der Waals surface area (Å²) in [6.07, 6.45) is 0. The number of nitrogens with one attached hydrogen (secondary N) is 1. The van der Waals surface area contributed by atoms with Gasteiger partial charge in [-0.25, -0.2) is 0 Å². The average Bonchev–Trinajstić information content (AvgIpc) is 2.41. The van der Waals surface area contributed by atoms with E-state index in [0.29, 0.717) is 5.84 Å². The van der Waals surface area contributed by atoms with Gasteiger partial charge in [-0.1, -0.05) is 35.4 Å².